The van der Waals surface area contributed by atoms with Gasteiger partial charge in [0.2, 0.25) is 0 Å². The number of hydrogen-bond donors (Lipinski definition) is 2. The second kappa shape index (κ2) is 9.96. The average molecular weight is 446 g/mol. The van der Waals surface area contributed by atoms with Gasteiger partial charge in [-0.1, -0.05) is 25.4 Å². The molecule has 2 N–H and O–H groups in total. The Kier molecular flexibility index (Phi) is 7.33. The van der Waals surface area contributed by atoms with Crippen LogP contribution >= 0.6 is 11.6 Å². The van der Waals surface area contributed by atoms with Gasteiger partial charge in [-0.15, -0.1) is 0 Å². The molecule has 31 heavy (non-hydrogen) atoms. The van der Waals surface area contributed by atoms with E-state index in [4.69, 9.17) is 11.6 Å². The van der Waals surface area contributed by atoms with Crippen molar-refractivity contribution in [1.29, 1.82) is 0 Å². The molecule has 3 heterocycles. The standard InChI is InChI=1S/C22H25ClFN5O2/c1-12(2)7-15(30)5-4-6-19(31)13(3)28-22-18(24)11-27-21(29-22)17-10-26-20-16(17)8-14(23)9-25-20/h8-13H,4-7H2,1-3H3,(H,25,26)(H,27,28,29)/t13-/m0/s1. The minimum Gasteiger partial charge on any atom is -0.358 e. The Morgan fingerprint density at radius 1 is 1.19 bits per heavy atom. The third kappa shape index (κ3) is 5.85. The maximum atomic E-state index is 14.3. The molecule has 0 saturated carbocycles. The molecule has 0 fully saturated rings. The van der Waals surface area contributed by atoms with Crippen LogP contribution in [0.15, 0.2) is 24.7 Å². The molecule has 0 aromatic carbocycles. The molecule has 7 nitrogen and oxygen atoms in total. The van der Waals surface area contributed by atoms with Crippen LogP contribution in [0.2, 0.25) is 5.02 Å². The topological polar surface area (TPSA) is 101 Å². The highest BCUT2D eigenvalue weighted by Crippen LogP contribution is 2.28. The van der Waals surface area contributed by atoms with Crippen LogP contribution in [0.3, 0.4) is 0 Å². The Bertz CT molecular complexity index is 1100. The van der Waals surface area contributed by atoms with Gasteiger partial charge in [0.1, 0.15) is 11.4 Å². The fraction of sp³-hybridized carbons (Fsp3) is 0.409. The fourth-order valence-corrected chi connectivity index (χ4v) is 3.44. The van der Waals surface area contributed by atoms with Gasteiger partial charge < -0.3 is 10.3 Å². The number of rotatable bonds is 10. The molecule has 9 heteroatoms. The zero-order valence-electron chi connectivity index (χ0n) is 17.7. The van der Waals surface area contributed by atoms with Crippen molar-refractivity contribution in [3.63, 3.8) is 0 Å². The van der Waals surface area contributed by atoms with Crippen LogP contribution in [-0.4, -0.2) is 37.5 Å². The van der Waals surface area contributed by atoms with Gasteiger partial charge in [0.25, 0.3) is 0 Å². The lowest BCUT2D eigenvalue weighted by atomic mass is 10.0. The Morgan fingerprint density at radius 2 is 1.97 bits per heavy atom. The van der Waals surface area contributed by atoms with Gasteiger partial charge in [0.15, 0.2) is 23.2 Å². The Morgan fingerprint density at radius 3 is 2.71 bits per heavy atom. The fourth-order valence-electron chi connectivity index (χ4n) is 3.28. The number of aromatic amines is 1. The molecule has 3 aromatic rings. The smallest absolute Gasteiger partial charge is 0.183 e. The van der Waals surface area contributed by atoms with Crippen LogP contribution in [0.5, 0.6) is 0 Å². The number of carbonyl (C=O) groups is 2. The number of nitrogens with zero attached hydrogens (tertiary/aromatic N) is 3. The van der Waals surface area contributed by atoms with Crippen molar-refractivity contribution in [3.05, 3.63) is 35.5 Å². The number of pyridine rings is 1. The van der Waals surface area contributed by atoms with E-state index in [-0.39, 0.29) is 29.6 Å². The summed E-state index contributed by atoms with van der Waals surface area (Å²) < 4.78 is 14.3. The van der Waals surface area contributed by atoms with Crippen molar-refractivity contribution in [1.82, 2.24) is 19.9 Å². The monoisotopic (exact) mass is 445 g/mol. The number of H-pyrrole nitrogens is 1. The number of halogens is 2. The number of ketones is 2. The van der Waals surface area contributed by atoms with Gasteiger partial charge >= 0.3 is 0 Å². The molecule has 0 spiro atoms. The Balaban J connectivity index is 1.68. The maximum Gasteiger partial charge on any atom is 0.183 e. The predicted molar refractivity (Wildman–Crippen MR) is 118 cm³/mol. The van der Waals surface area contributed by atoms with Crippen LogP contribution in [0.1, 0.15) is 46.5 Å². The average Bonchev–Trinajstić information content (AvgIpc) is 3.12. The first-order valence-electron chi connectivity index (χ1n) is 10.2. The van der Waals surface area contributed by atoms with Crippen LogP contribution in [0, 0.1) is 11.7 Å². The number of anilines is 1. The summed E-state index contributed by atoms with van der Waals surface area (Å²) in [7, 11) is 0. The van der Waals surface area contributed by atoms with Crippen molar-refractivity contribution in [2.24, 2.45) is 5.92 Å². The van der Waals surface area contributed by atoms with Gasteiger partial charge in [-0.2, -0.15) is 0 Å². The lowest BCUT2D eigenvalue weighted by molar-refractivity contribution is -0.120. The summed E-state index contributed by atoms with van der Waals surface area (Å²) in [5.74, 6) is -0.0957. The van der Waals surface area contributed by atoms with Gasteiger partial charge in [0, 0.05) is 42.6 Å². The largest absolute Gasteiger partial charge is 0.358 e. The summed E-state index contributed by atoms with van der Waals surface area (Å²) in [5.41, 5.74) is 1.23. The zero-order chi connectivity index (χ0) is 22.5. The molecule has 0 unspecified atom stereocenters. The van der Waals surface area contributed by atoms with E-state index in [1.807, 2.05) is 13.8 Å². The highest BCUT2D eigenvalue weighted by Gasteiger charge is 2.18. The van der Waals surface area contributed by atoms with E-state index in [1.54, 1.807) is 19.2 Å². The Labute approximate surface area is 184 Å². The first-order chi connectivity index (χ1) is 14.7. The summed E-state index contributed by atoms with van der Waals surface area (Å²) in [6, 6.07) is 1.07. The molecule has 3 aromatic heterocycles. The van der Waals surface area contributed by atoms with E-state index >= 15 is 0 Å². The molecular weight excluding hydrogens is 421 g/mol. The van der Waals surface area contributed by atoms with Crippen LogP contribution < -0.4 is 5.32 Å². The van der Waals surface area contributed by atoms with Crippen LogP contribution in [0.25, 0.3) is 22.4 Å². The van der Waals surface area contributed by atoms with Crippen molar-refractivity contribution in [2.45, 2.75) is 52.5 Å². The highest BCUT2D eigenvalue weighted by molar-refractivity contribution is 6.31. The molecule has 3 rings (SSSR count). The quantitative estimate of drug-likeness (QED) is 0.457. The minimum absolute atomic E-state index is 0.0638. The van der Waals surface area contributed by atoms with Crippen LogP contribution in [0.4, 0.5) is 10.2 Å². The number of hydrogen-bond acceptors (Lipinski definition) is 6. The number of nitrogens with one attached hydrogen (secondary N) is 2. The number of fused-ring (bicyclic) bond motifs is 1. The molecule has 164 valence electrons. The second-order valence-electron chi connectivity index (χ2n) is 7.96. The summed E-state index contributed by atoms with van der Waals surface area (Å²) >= 11 is 6.03. The number of aromatic nitrogens is 4. The molecule has 0 bridgehead atoms. The molecule has 0 amide bonds. The SMILES string of the molecule is CC(C)CC(=O)CCCC(=O)[C@H](C)Nc1nc(-c2c[nH]c3ncc(Cl)cc23)ncc1F. The molecular formula is C22H25ClFN5O2. The molecule has 0 aliphatic heterocycles. The van der Waals surface area contributed by atoms with E-state index in [0.29, 0.717) is 46.8 Å². The third-order valence-electron chi connectivity index (χ3n) is 4.83. The highest BCUT2D eigenvalue weighted by atomic mass is 35.5. The molecule has 0 saturated heterocycles. The van der Waals surface area contributed by atoms with E-state index in [9.17, 15) is 14.0 Å². The Hall–Kier alpha value is -2.87. The lowest BCUT2D eigenvalue weighted by Gasteiger charge is -2.14. The van der Waals surface area contributed by atoms with Gasteiger partial charge in [0.05, 0.1) is 17.3 Å². The van der Waals surface area contributed by atoms with Crippen molar-refractivity contribution >= 4 is 40.0 Å². The summed E-state index contributed by atoms with van der Waals surface area (Å²) in [6.45, 7) is 5.62. The summed E-state index contributed by atoms with van der Waals surface area (Å²) in [5, 5.41) is 4.00. The van der Waals surface area contributed by atoms with Crippen molar-refractivity contribution < 1.29 is 14.0 Å². The second-order valence-corrected chi connectivity index (χ2v) is 8.40. The third-order valence-corrected chi connectivity index (χ3v) is 5.04. The number of carbonyl (C=O) groups excluding carboxylic acids is 2. The molecule has 1 atom stereocenters. The molecule has 0 aliphatic rings. The first-order valence-corrected chi connectivity index (χ1v) is 10.6. The predicted octanol–water partition coefficient (Wildman–Crippen LogP) is 4.97. The van der Waals surface area contributed by atoms with Gasteiger partial charge in [-0.25, -0.2) is 19.3 Å². The van der Waals surface area contributed by atoms with Gasteiger partial charge in [-0.3, -0.25) is 9.59 Å². The van der Waals surface area contributed by atoms with Crippen molar-refractivity contribution in [3.8, 4) is 11.4 Å². The lowest BCUT2D eigenvalue weighted by Crippen LogP contribution is -2.27. The maximum absolute atomic E-state index is 14.3. The van der Waals surface area contributed by atoms with E-state index in [1.165, 1.54) is 6.20 Å². The molecule has 0 radical (unpaired) electrons. The minimum atomic E-state index is -0.661. The number of Topliss-reactive ketones (excluding diaryl/α,β-unsaturated/α-hetero) is 2. The normalized spacial score (nSPS) is 12.3. The van der Waals surface area contributed by atoms with E-state index in [2.05, 4.69) is 25.3 Å². The van der Waals surface area contributed by atoms with Gasteiger partial charge in [-0.05, 0) is 25.3 Å². The summed E-state index contributed by atoms with van der Waals surface area (Å²) in [4.78, 5) is 39.7. The molecule has 0 aliphatic carbocycles. The van der Waals surface area contributed by atoms with E-state index in [0.717, 1.165) is 6.20 Å². The first kappa shape index (κ1) is 22.8. The van der Waals surface area contributed by atoms with Crippen LogP contribution in [-0.2, 0) is 9.59 Å². The van der Waals surface area contributed by atoms with Crippen molar-refractivity contribution in [2.75, 3.05) is 5.32 Å². The summed E-state index contributed by atoms with van der Waals surface area (Å²) in [6.07, 6.45) is 5.87. The zero-order valence-corrected chi connectivity index (χ0v) is 18.5. The van der Waals surface area contributed by atoms with E-state index < -0.39 is 11.9 Å².